The molecule has 4 atom stereocenters. The van der Waals surface area contributed by atoms with Crippen LogP contribution >= 0.6 is 0 Å². The first-order valence-electron chi connectivity index (χ1n) is 11.5. The number of likely N-dealkylation sites (N-methyl/N-ethyl adjacent to an activating group) is 1. The normalized spacial score (nSPS) is 21.2. The van der Waals surface area contributed by atoms with Crippen LogP contribution in [-0.4, -0.2) is 78.7 Å². The Hall–Kier alpha value is -2.90. The number of hydrogen-bond donors (Lipinski definition) is 2. The third kappa shape index (κ3) is 6.21. The van der Waals surface area contributed by atoms with Crippen LogP contribution in [0.5, 0.6) is 5.75 Å². The highest BCUT2D eigenvalue weighted by Crippen LogP contribution is 2.34. The van der Waals surface area contributed by atoms with E-state index in [1.54, 1.807) is 49.2 Å². The van der Waals surface area contributed by atoms with E-state index in [-0.39, 0.29) is 42.2 Å². The molecule has 0 unspecified atom stereocenters. The fraction of sp³-hybridized carbons (Fsp3) is 0.423. The lowest BCUT2D eigenvalue weighted by atomic mass is 10.0. The maximum atomic E-state index is 13.5. The fourth-order valence-corrected chi connectivity index (χ4v) is 5.69. The summed E-state index contributed by atoms with van der Waals surface area (Å²) in [7, 11) is -2.29. The molecule has 1 amide bonds. The zero-order valence-electron chi connectivity index (χ0n) is 20.4. The molecule has 9 heteroatoms. The number of ether oxygens (including phenoxy) is 1. The Balaban J connectivity index is 2.02. The quantitative estimate of drug-likeness (QED) is 0.608. The molecule has 1 heterocycles. The molecule has 0 saturated heterocycles. The van der Waals surface area contributed by atoms with E-state index in [1.807, 2.05) is 13.0 Å². The maximum Gasteiger partial charge on any atom is 0.253 e. The summed E-state index contributed by atoms with van der Waals surface area (Å²) in [4.78, 5) is 14.5. The van der Waals surface area contributed by atoms with Crippen molar-refractivity contribution in [1.82, 2.24) is 9.21 Å². The second-order valence-corrected chi connectivity index (χ2v) is 10.8. The predicted molar refractivity (Wildman–Crippen MR) is 132 cm³/mol. The van der Waals surface area contributed by atoms with Crippen LogP contribution < -0.4 is 4.74 Å². The summed E-state index contributed by atoms with van der Waals surface area (Å²) >= 11 is 0. The van der Waals surface area contributed by atoms with E-state index in [0.717, 1.165) is 0 Å². The van der Waals surface area contributed by atoms with Gasteiger partial charge in [-0.05, 0) is 44.2 Å². The van der Waals surface area contributed by atoms with Gasteiger partial charge in [0, 0.05) is 36.7 Å². The van der Waals surface area contributed by atoms with Crippen LogP contribution in [0.4, 0.5) is 0 Å². The molecular formula is C26H32N2O6S. The van der Waals surface area contributed by atoms with Gasteiger partial charge >= 0.3 is 0 Å². The van der Waals surface area contributed by atoms with Crippen molar-refractivity contribution in [3.63, 3.8) is 0 Å². The molecule has 0 aliphatic carbocycles. The highest BCUT2D eigenvalue weighted by Gasteiger charge is 2.38. The molecule has 0 radical (unpaired) electrons. The van der Waals surface area contributed by atoms with Crippen LogP contribution in [0.25, 0.3) is 0 Å². The summed E-state index contributed by atoms with van der Waals surface area (Å²) in [6.07, 6.45) is -1.37. The van der Waals surface area contributed by atoms with Crippen molar-refractivity contribution in [3.8, 4) is 17.6 Å². The van der Waals surface area contributed by atoms with Crippen LogP contribution in [0.1, 0.15) is 36.7 Å². The summed E-state index contributed by atoms with van der Waals surface area (Å²) in [6.45, 7) is 5.05. The third-order valence-corrected chi connectivity index (χ3v) is 7.93. The van der Waals surface area contributed by atoms with Gasteiger partial charge in [0.15, 0.2) is 0 Å². The molecular weight excluding hydrogens is 468 g/mol. The number of amides is 1. The average Bonchev–Trinajstić information content (AvgIpc) is 2.84. The Morgan fingerprint density at radius 2 is 1.91 bits per heavy atom. The van der Waals surface area contributed by atoms with Crippen LogP contribution in [-0.2, 0) is 10.0 Å². The Morgan fingerprint density at radius 3 is 2.54 bits per heavy atom. The van der Waals surface area contributed by atoms with E-state index in [9.17, 15) is 23.4 Å². The standard InChI is InChI=1S/C26H32N2O6S/c1-18-15-28(19(2)17-29)35(32,33)25-13-12-21(11-10-20(3)30)14-23(25)34-24(18)16-27(4)26(31)22-8-6-5-7-9-22/h5-9,12-14,18-20,24,29-30H,15-17H2,1-4H3/t18-,19+,20-,24-/m1/s1. The molecule has 8 nitrogen and oxygen atoms in total. The first-order chi connectivity index (χ1) is 16.5. The molecule has 1 aliphatic heterocycles. The third-order valence-electron chi connectivity index (χ3n) is 5.91. The number of carbonyl (C=O) groups excluding carboxylic acids is 1. The molecule has 35 heavy (non-hydrogen) atoms. The van der Waals surface area contributed by atoms with Crippen molar-refractivity contribution in [2.24, 2.45) is 5.92 Å². The van der Waals surface area contributed by atoms with Crippen molar-refractivity contribution >= 4 is 15.9 Å². The van der Waals surface area contributed by atoms with Gasteiger partial charge in [-0.2, -0.15) is 4.31 Å². The topological polar surface area (TPSA) is 107 Å². The molecule has 2 aromatic carbocycles. The maximum absolute atomic E-state index is 13.5. The Morgan fingerprint density at radius 1 is 1.23 bits per heavy atom. The molecule has 2 aromatic rings. The lowest BCUT2D eigenvalue weighted by Crippen LogP contribution is -2.50. The van der Waals surface area contributed by atoms with Crippen LogP contribution in [0, 0.1) is 17.8 Å². The number of aliphatic hydroxyl groups excluding tert-OH is 2. The Kier molecular flexibility index (Phi) is 8.56. The zero-order valence-corrected chi connectivity index (χ0v) is 21.2. The molecule has 1 aliphatic rings. The number of rotatable bonds is 5. The van der Waals surface area contributed by atoms with Gasteiger partial charge in [-0.3, -0.25) is 4.79 Å². The van der Waals surface area contributed by atoms with Gasteiger partial charge in [-0.25, -0.2) is 8.42 Å². The van der Waals surface area contributed by atoms with E-state index in [0.29, 0.717) is 11.1 Å². The van der Waals surface area contributed by atoms with Gasteiger partial charge in [-0.1, -0.05) is 37.0 Å². The number of sulfonamides is 1. The Bertz CT molecular complexity index is 1200. The number of benzene rings is 2. The fourth-order valence-electron chi connectivity index (χ4n) is 3.86. The van der Waals surface area contributed by atoms with Gasteiger partial charge in [0.05, 0.1) is 13.2 Å². The highest BCUT2D eigenvalue weighted by molar-refractivity contribution is 7.89. The molecule has 0 fully saturated rings. The van der Waals surface area contributed by atoms with Crippen molar-refractivity contribution in [1.29, 1.82) is 0 Å². The molecule has 188 valence electrons. The molecule has 0 aromatic heterocycles. The summed E-state index contributed by atoms with van der Waals surface area (Å²) in [5, 5.41) is 19.3. The summed E-state index contributed by atoms with van der Waals surface area (Å²) < 4.78 is 34.6. The van der Waals surface area contributed by atoms with Gasteiger partial charge < -0.3 is 19.8 Å². The minimum atomic E-state index is -3.98. The zero-order chi connectivity index (χ0) is 25.8. The number of nitrogens with zero attached hydrogens (tertiary/aromatic N) is 2. The number of fused-ring (bicyclic) bond motifs is 1. The SMILES string of the molecule is C[C@@H]1CN([C@@H](C)CO)S(=O)(=O)c2ccc(C#C[C@@H](C)O)cc2O[C@@H]1CN(C)C(=O)c1ccccc1. The van der Waals surface area contributed by atoms with Crippen molar-refractivity contribution in [2.75, 3.05) is 26.7 Å². The minimum absolute atomic E-state index is 0.0330. The van der Waals surface area contributed by atoms with Gasteiger partial charge in [0.1, 0.15) is 22.9 Å². The van der Waals surface area contributed by atoms with E-state index in [2.05, 4.69) is 11.8 Å². The van der Waals surface area contributed by atoms with Crippen molar-refractivity contribution < 1.29 is 28.2 Å². The molecule has 0 spiro atoms. The Labute approximate surface area is 207 Å². The number of aliphatic hydroxyl groups is 2. The van der Waals surface area contributed by atoms with E-state index in [1.165, 1.54) is 23.4 Å². The highest BCUT2D eigenvalue weighted by atomic mass is 32.2. The van der Waals surface area contributed by atoms with E-state index >= 15 is 0 Å². The lowest BCUT2D eigenvalue weighted by Gasteiger charge is -2.37. The van der Waals surface area contributed by atoms with E-state index in [4.69, 9.17) is 4.74 Å². The number of hydrogen-bond acceptors (Lipinski definition) is 6. The summed E-state index contributed by atoms with van der Waals surface area (Å²) in [5.41, 5.74) is 1.03. The second kappa shape index (κ2) is 11.2. The van der Waals surface area contributed by atoms with Gasteiger partial charge in [0.25, 0.3) is 5.91 Å². The van der Waals surface area contributed by atoms with Gasteiger partial charge in [-0.15, -0.1) is 0 Å². The summed E-state index contributed by atoms with van der Waals surface area (Å²) in [5.74, 6) is 5.11. The summed E-state index contributed by atoms with van der Waals surface area (Å²) in [6, 6.07) is 12.8. The van der Waals surface area contributed by atoms with Crippen LogP contribution in [0.2, 0.25) is 0 Å². The van der Waals surface area contributed by atoms with E-state index < -0.39 is 28.3 Å². The van der Waals surface area contributed by atoms with Crippen molar-refractivity contribution in [3.05, 3.63) is 59.7 Å². The molecule has 0 saturated carbocycles. The first-order valence-corrected chi connectivity index (χ1v) is 12.9. The molecule has 2 N–H and O–H groups in total. The molecule has 0 bridgehead atoms. The van der Waals surface area contributed by atoms with Gasteiger partial charge in [0.2, 0.25) is 10.0 Å². The largest absolute Gasteiger partial charge is 0.487 e. The number of carbonyl (C=O) groups is 1. The smallest absolute Gasteiger partial charge is 0.253 e. The predicted octanol–water partition coefficient (Wildman–Crippen LogP) is 1.96. The average molecular weight is 501 g/mol. The second-order valence-electron chi connectivity index (χ2n) is 8.90. The minimum Gasteiger partial charge on any atom is -0.487 e. The lowest BCUT2D eigenvalue weighted by molar-refractivity contribution is 0.0563. The van der Waals surface area contributed by atoms with Crippen LogP contribution in [0.15, 0.2) is 53.4 Å². The first kappa shape index (κ1) is 26.7. The van der Waals surface area contributed by atoms with Crippen LogP contribution in [0.3, 0.4) is 0 Å². The molecule has 3 rings (SSSR count). The van der Waals surface area contributed by atoms with Crippen molar-refractivity contribution in [2.45, 2.75) is 43.9 Å². The monoisotopic (exact) mass is 500 g/mol.